The molecule has 1 aliphatic rings. The number of terminal acetylenes is 1. The lowest BCUT2D eigenvalue weighted by Gasteiger charge is -2.12. The number of amides is 1. The van der Waals surface area contributed by atoms with Gasteiger partial charge in [-0.2, -0.15) is 0 Å². The minimum Gasteiger partial charge on any atom is -0.334 e. The van der Waals surface area contributed by atoms with Gasteiger partial charge in [-0.25, -0.2) is 0 Å². The first-order valence-corrected chi connectivity index (χ1v) is 3.85. The van der Waals surface area contributed by atoms with Gasteiger partial charge in [-0.15, -0.1) is 6.42 Å². The minimum atomic E-state index is 0.204. The summed E-state index contributed by atoms with van der Waals surface area (Å²) in [6, 6.07) is 0. The zero-order valence-electron chi connectivity index (χ0n) is 7.00. The minimum absolute atomic E-state index is 0.204. The van der Waals surface area contributed by atoms with Gasteiger partial charge in [0.25, 0.3) is 0 Å². The van der Waals surface area contributed by atoms with Crippen LogP contribution in [-0.4, -0.2) is 24.4 Å². The Morgan fingerprint density at radius 2 is 2.36 bits per heavy atom. The van der Waals surface area contributed by atoms with E-state index in [0.29, 0.717) is 12.5 Å². The van der Waals surface area contributed by atoms with Crippen molar-refractivity contribution in [2.24, 2.45) is 11.8 Å². The Bertz CT molecular complexity index is 204. The smallest absolute Gasteiger partial charge is 0.226 e. The highest BCUT2D eigenvalue weighted by Gasteiger charge is 2.40. The largest absolute Gasteiger partial charge is 0.334 e. The topological polar surface area (TPSA) is 20.3 Å². The summed E-state index contributed by atoms with van der Waals surface area (Å²) < 4.78 is 0. The third-order valence-corrected chi connectivity index (χ3v) is 2.13. The van der Waals surface area contributed by atoms with Gasteiger partial charge in [-0.1, -0.05) is 12.8 Å². The summed E-state index contributed by atoms with van der Waals surface area (Å²) >= 11 is 0. The molecule has 0 aromatic carbocycles. The molecular weight excluding hydrogens is 138 g/mol. The van der Waals surface area contributed by atoms with Crippen LogP contribution in [0.5, 0.6) is 0 Å². The van der Waals surface area contributed by atoms with Gasteiger partial charge in [-0.05, 0) is 12.3 Å². The monoisotopic (exact) mass is 151 g/mol. The molecule has 2 nitrogen and oxygen atoms in total. The van der Waals surface area contributed by atoms with Gasteiger partial charge in [0.1, 0.15) is 0 Å². The van der Waals surface area contributed by atoms with E-state index in [0.717, 1.165) is 6.42 Å². The molecule has 0 unspecified atom stereocenters. The van der Waals surface area contributed by atoms with Gasteiger partial charge in [0, 0.05) is 13.0 Å². The predicted octanol–water partition coefficient (Wildman–Crippen LogP) is 0.734. The van der Waals surface area contributed by atoms with E-state index >= 15 is 0 Å². The summed E-state index contributed by atoms with van der Waals surface area (Å²) in [5.41, 5.74) is 0. The highest BCUT2D eigenvalue weighted by molar-refractivity contribution is 5.81. The molecule has 0 aromatic rings. The molecule has 0 aromatic heterocycles. The van der Waals surface area contributed by atoms with Crippen molar-refractivity contribution in [2.75, 3.05) is 13.6 Å². The van der Waals surface area contributed by atoms with E-state index in [9.17, 15) is 4.79 Å². The zero-order valence-corrected chi connectivity index (χ0v) is 7.00. The maximum Gasteiger partial charge on any atom is 0.226 e. The second-order valence-electron chi connectivity index (χ2n) is 3.22. The van der Waals surface area contributed by atoms with Crippen molar-refractivity contribution in [1.82, 2.24) is 4.90 Å². The van der Waals surface area contributed by atoms with Crippen LogP contribution in [0.1, 0.15) is 13.3 Å². The van der Waals surface area contributed by atoms with Gasteiger partial charge in [0.2, 0.25) is 5.91 Å². The van der Waals surface area contributed by atoms with Gasteiger partial charge < -0.3 is 4.90 Å². The third kappa shape index (κ3) is 1.74. The predicted molar refractivity (Wildman–Crippen MR) is 43.7 cm³/mol. The average Bonchev–Trinajstić information content (AvgIpc) is 2.66. The summed E-state index contributed by atoms with van der Waals surface area (Å²) in [6.45, 7) is 2.52. The number of nitrogens with zero attached hydrogens (tertiary/aromatic N) is 1. The van der Waals surface area contributed by atoms with Crippen LogP contribution in [-0.2, 0) is 4.79 Å². The molecule has 1 rings (SSSR count). The van der Waals surface area contributed by atoms with Crippen LogP contribution in [0, 0.1) is 24.2 Å². The second-order valence-corrected chi connectivity index (χ2v) is 3.22. The first-order chi connectivity index (χ1) is 5.16. The van der Waals surface area contributed by atoms with E-state index in [1.807, 2.05) is 0 Å². The summed E-state index contributed by atoms with van der Waals surface area (Å²) in [6.07, 6.45) is 6.11. The molecule has 0 spiro atoms. The molecule has 1 amide bonds. The molecule has 2 heteroatoms. The van der Waals surface area contributed by atoms with Gasteiger partial charge in [-0.3, -0.25) is 4.79 Å². The average molecular weight is 151 g/mol. The van der Waals surface area contributed by atoms with E-state index in [2.05, 4.69) is 12.8 Å². The highest BCUT2D eigenvalue weighted by Crippen LogP contribution is 2.38. The van der Waals surface area contributed by atoms with Crippen molar-refractivity contribution < 1.29 is 4.79 Å². The summed E-state index contributed by atoms with van der Waals surface area (Å²) in [4.78, 5) is 13.0. The van der Waals surface area contributed by atoms with E-state index < -0.39 is 0 Å². The molecule has 1 saturated carbocycles. The highest BCUT2D eigenvalue weighted by atomic mass is 16.2. The molecule has 1 fully saturated rings. The Kier molecular flexibility index (Phi) is 2.19. The standard InChI is InChI=1S/C9H13NO/c1-4-5-10(3)9(11)8-6-7(8)2/h1,7-8H,5-6H2,2-3H3/t7-,8-/m0/s1. The SMILES string of the molecule is C#CCN(C)C(=O)[C@H]1C[C@@H]1C. The fourth-order valence-electron chi connectivity index (χ4n) is 1.16. The lowest BCUT2D eigenvalue weighted by Crippen LogP contribution is -2.28. The number of hydrogen-bond donors (Lipinski definition) is 0. The summed E-state index contributed by atoms with van der Waals surface area (Å²) in [7, 11) is 1.76. The Balaban J connectivity index is 2.37. The van der Waals surface area contributed by atoms with E-state index in [4.69, 9.17) is 6.42 Å². The Morgan fingerprint density at radius 3 is 2.73 bits per heavy atom. The molecule has 0 saturated heterocycles. The Hall–Kier alpha value is -0.970. The summed E-state index contributed by atoms with van der Waals surface area (Å²) in [5.74, 6) is 3.48. The van der Waals surface area contributed by atoms with E-state index in [1.165, 1.54) is 0 Å². The fraction of sp³-hybridized carbons (Fsp3) is 0.667. The first-order valence-electron chi connectivity index (χ1n) is 3.85. The summed E-state index contributed by atoms with van der Waals surface area (Å²) in [5, 5.41) is 0. The molecule has 0 bridgehead atoms. The molecule has 2 atom stereocenters. The van der Waals surface area contributed by atoms with Crippen LogP contribution in [0.4, 0.5) is 0 Å². The van der Waals surface area contributed by atoms with Crippen molar-refractivity contribution in [1.29, 1.82) is 0 Å². The van der Waals surface area contributed by atoms with Crippen LogP contribution < -0.4 is 0 Å². The van der Waals surface area contributed by atoms with Crippen molar-refractivity contribution in [3.63, 3.8) is 0 Å². The molecule has 11 heavy (non-hydrogen) atoms. The van der Waals surface area contributed by atoms with Crippen molar-refractivity contribution in [3.8, 4) is 12.3 Å². The molecule has 0 N–H and O–H groups in total. The van der Waals surface area contributed by atoms with Gasteiger partial charge in [0.05, 0.1) is 6.54 Å². The van der Waals surface area contributed by atoms with Crippen LogP contribution in [0.25, 0.3) is 0 Å². The molecule has 60 valence electrons. The van der Waals surface area contributed by atoms with Crippen LogP contribution in [0.15, 0.2) is 0 Å². The number of carbonyl (C=O) groups excluding carboxylic acids is 1. The molecule has 0 aliphatic heterocycles. The normalized spacial score (nSPS) is 27.4. The molecule has 0 heterocycles. The second kappa shape index (κ2) is 2.96. The van der Waals surface area contributed by atoms with E-state index in [-0.39, 0.29) is 11.8 Å². The zero-order chi connectivity index (χ0) is 8.43. The van der Waals surface area contributed by atoms with Crippen molar-refractivity contribution in [2.45, 2.75) is 13.3 Å². The Labute approximate surface area is 67.6 Å². The molecule has 0 radical (unpaired) electrons. The maximum absolute atomic E-state index is 11.3. The van der Waals surface area contributed by atoms with Crippen LogP contribution >= 0.6 is 0 Å². The quantitative estimate of drug-likeness (QED) is 0.533. The Morgan fingerprint density at radius 1 is 1.82 bits per heavy atom. The van der Waals surface area contributed by atoms with Gasteiger partial charge in [0.15, 0.2) is 0 Å². The molecular formula is C9H13NO. The van der Waals surface area contributed by atoms with Gasteiger partial charge >= 0.3 is 0 Å². The number of carbonyl (C=O) groups is 1. The van der Waals surface area contributed by atoms with E-state index in [1.54, 1.807) is 11.9 Å². The number of rotatable bonds is 2. The van der Waals surface area contributed by atoms with Crippen LogP contribution in [0.3, 0.4) is 0 Å². The number of hydrogen-bond acceptors (Lipinski definition) is 1. The lowest BCUT2D eigenvalue weighted by molar-refractivity contribution is -0.130. The first kappa shape index (κ1) is 8.13. The lowest BCUT2D eigenvalue weighted by atomic mass is 10.3. The fourth-order valence-corrected chi connectivity index (χ4v) is 1.16. The van der Waals surface area contributed by atoms with Crippen molar-refractivity contribution in [3.05, 3.63) is 0 Å². The molecule has 1 aliphatic carbocycles. The third-order valence-electron chi connectivity index (χ3n) is 2.13. The van der Waals surface area contributed by atoms with Crippen molar-refractivity contribution >= 4 is 5.91 Å². The van der Waals surface area contributed by atoms with Crippen LogP contribution in [0.2, 0.25) is 0 Å². The maximum atomic E-state index is 11.3.